The minimum absolute atomic E-state index is 0.0686. The van der Waals surface area contributed by atoms with Gasteiger partial charge in [-0.1, -0.05) is 76.9 Å². The Balaban J connectivity index is 1.51. The second-order valence-electron chi connectivity index (χ2n) is 15.5. The minimum Gasteiger partial charge on any atom is -0.465 e. The summed E-state index contributed by atoms with van der Waals surface area (Å²) >= 11 is 0. The lowest BCUT2D eigenvalue weighted by atomic mass is 10.0. The Morgan fingerprint density at radius 2 is 0.707 bits per heavy atom. The zero-order chi connectivity index (χ0) is 43.4. The van der Waals surface area contributed by atoms with Crippen LogP contribution in [0.15, 0.2) is 54.6 Å². The van der Waals surface area contributed by atoms with E-state index in [1.165, 1.54) is 6.07 Å². The summed E-state index contributed by atoms with van der Waals surface area (Å²) in [4.78, 5) is 82.9. The van der Waals surface area contributed by atoms with E-state index in [0.717, 1.165) is 22.3 Å². The van der Waals surface area contributed by atoms with Crippen LogP contribution in [0.25, 0.3) is 0 Å². The van der Waals surface area contributed by atoms with Crippen molar-refractivity contribution in [3.8, 4) is 0 Å². The van der Waals surface area contributed by atoms with Gasteiger partial charge in [0.1, 0.15) is 12.3 Å². The Morgan fingerprint density at radius 3 is 1.02 bits per heavy atom. The first-order chi connectivity index (χ1) is 27.0. The average molecular weight is 827 g/mol. The molecule has 0 aliphatic rings. The smallest absolute Gasteiger partial charge is 0.314 e. The molecule has 0 fully saturated rings. The maximum Gasteiger partial charge on any atom is 0.314 e. The van der Waals surface area contributed by atoms with Crippen molar-refractivity contribution in [1.82, 2.24) is 0 Å². The minimum atomic E-state index is -4.65. The fourth-order valence-corrected chi connectivity index (χ4v) is 12.3. The number of hydrogen-bond donors (Lipinski definition) is 0. The molecule has 1 atom stereocenters. The summed E-state index contributed by atoms with van der Waals surface area (Å²) in [5.41, 5.74) is 3.79. The molecule has 4 aromatic rings. The Bertz CT molecular complexity index is 2330. The largest absolute Gasteiger partial charge is 0.465 e. The van der Waals surface area contributed by atoms with E-state index in [-0.39, 0.29) is 41.9 Å². The van der Waals surface area contributed by atoms with E-state index in [2.05, 4.69) is 0 Å². The van der Waals surface area contributed by atoms with Crippen molar-refractivity contribution in [3.05, 3.63) is 138 Å². The van der Waals surface area contributed by atoms with Gasteiger partial charge >= 0.3 is 11.9 Å². The number of ether oxygens (including phenoxy) is 2. The van der Waals surface area contributed by atoms with Crippen LogP contribution in [-0.2, 0) is 28.2 Å². The number of hydrogen-bond acceptors (Lipinski definition) is 10. The van der Waals surface area contributed by atoms with Crippen molar-refractivity contribution >= 4 is 48.3 Å². The molecule has 0 spiro atoms. The molecule has 58 heavy (non-hydrogen) atoms. The normalized spacial score (nSPS) is 12.4. The molecule has 0 N–H and O–H groups in total. The summed E-state index contributed by atoms with van der Waals surface area (Å²) in [6.45, 7) is 18.4. The Labute approximate surface area is 340 Å². The van der Waals surface area contributed by atoms with Crippen LogP contribution in [0.3, 0.4) is 0 Å². The molecular formula is C46H52O10P2. The highest BCUT2D eigenvalue weighted by Gasteiger charge is 2.46. The van der Waals surface area contributed by atoms with Gasteiger partial charge in [0.15, 0.2) is 0 Å². The van der Waals surface area contributed by atoms with Crippen LogP contribution in [0.1, 0.15) is 109 Å². The first-order valence-electron chi connectivity index (χ1n) is 19.0. The van der Waals surface area contributed by atoms with E-state index in [9.17, 15) is 37.9 Å². The van der Waals surface area contributed by atoms with E-state index >= 15 is 0 Å². The molecule has 10 nitrogen and oxygen atoms in total. The van der Waals surface area contributed by atoms with Gasteiger partial charge in [0, 0.05) is 28.7 Å². The summed E-state index contributed by atoms with van der Waals surface area (Å²) in [6.07, 6.45) is -2.03. The summed E-state index contributed by atoms with van der Waals surface area (Å²) in [5.74, 6) is -2.11. The fourth-order valence-electron chi connectivity index (χ4n) is 7.70. The van der Waals surface area contributed by atoms with Gasteiger partial charge in [-0.25, -0.2) is 0 Å². The Morgan fingerprint density at radius 1 is 0.414 bits per heavy atom. The second kappa shape index (κ2) is 18.3. The topological polar surface area (TPSA) is 155 Å². The van der Waals surface area contributed by atoms with Crippen molar-refractivity contribution in [1.29, 1.82) is 0 Å². The summed E-state index contributed by atoms with van der Waals surface area (Å²) < 4.78 is 40.1. The van der Waals surface area contributed by atoms with Crippen molar-refractivity contribution < 1.29 is 47.4 Å². The van der Waals surface area contributed by atoms with Crippen LogP contribution in [0.5, 0.6) is 0 Å². The zero-order valence-electron chi connectivity index (χ0n) is 35.2. The van der Waals surface area contributed by atoms with Crippen molar-refractivity contribution in [2.24, 2.45) is 0 Å². The van der Waals surface area contributed by atoms with Crippen LogP contribution in [-0.4, -0.2) is 59.6 Å². The van der Waals surface area contributed by atoms with E-state index in [0.29, 0.717) is 38.9 Å². The standard InChI is InChI=1S/C46H52O10P2/c1-26-13-14-37(30(5)17-26)43(49)57(53,44(50)40-31(6)18-27(2)19-32(40)7)24-38(47)55-15-12-16-56-39(48)25-58(54,45(51)41-33(8)20-28(3)21-34(41)9)46(52)42-35(10)22-29(4)23-36(42)11/h13-14,17-23H,12,15-16,24-25H2,1-11H3. The third kappa shape index (κ3) is 9.79. The first-order valence-corrected chi connectivity index (χ1v) is 22.8. The van der Waals surface area contributed by atoms with Gasteiger partial charge in [-0.3, -0.25) is 28.8 Å². The van der Waals surface area contributed by atoms with E-state index in [4.69, 9.17) is 9.47 Å². The lowest BCUT2D eigenvalue weighted by Crippen LogP contribution is -2.23. The highest BCUT2D eigenvalue weighted by molar-refractivity contribution is 7.96. The molecule has 4 rings (SSSR count). The van der Waals surface area contributed by atoms with E-state index < -0.39 is 60.6 Å². The molecule has 0 heterocycles. The fraction of sp³-hybridized carbons (Fsp3) is 0.348. The molecule has 0 aliphatic heterocycles. The van der Waals surface area contributed by atoms with Crippen LogP contribution in [0.2, 0.25) is 0 Å². The molecule has 0 radical (unpaired) electrons. The molecule has 12 heteroatoms. The number of carbonyl (C=O) groups excluding carboxylic acids is 6. The lowest BCUT2D eigenvalue weighted by Gasteiger charge is -2.20. The van der Waals surface area contributed by atoms with Crippen LogP contribution >= 0.6 is 14.3 Å². The van der Waals surface area contributed by atoms with Gasteiger partial charge in [-0.15, -0.1) is 0 Å². The maximum atomic E-state index is 14.8. The monoisotopic (exact) mass is 826 g/mol. The highest BCUT2D eigenvalue weighted by atomic mass is 31.2. The van der Waals surface area contributed by atoms with Gasteiger partial charge in [0.25, 0.3) is 0 Å². The van der Waals surface area contributed by atoms with Crippen molar-refractivity contribution in [2.45, 2.75) is 82.6 Å². The first kappa shape index (κ1) is 45.7. The number of aryl methyl sites for hydroxylation is 11. The lowest BCUT2D eigenvalue weighted by molar-refractivity contribution is -0.143. The quantitative estimate of drug-likeness (QED) is 0.0606. The molecule has 0 aromatic heterocycles. The van der Waals surface area contributed by atoms with Gasteiger partial charge in [0.05, 0.1) is 13.2 Å². The average Bonchev–Trinajstić information content (AvgIpc) is 3.09. The SMILES string of the molecule is Cc1ccc(C(=O)P(=O)(CC(=O)OCCCOC(=O)CP(=O)(C(=O)c2c(C)cc(C)cc2C)C(=O)c2c(C)cc(C)cc2C)C(=O)c2c(C)cc(C)cc2C)c(C)c1. The molecule has 0 saturated carbocycles. The molecule has 0 bridgehead atoms. The highest BCUT2D eigenvalue weighted by Crippen LogP contribution is 2.55. The molecule has 4 aromatic carbocycles. The third-order valence-corrected chi connectivity index (χ3v) is 15.1. The van der Waals surface area contributed by atoms with Gasteiger partial charge < -0.3 is 18.6 Å². The van der Waals surface area contributed by atoms with Crippen LogP contribution in [0.4, 0.5) is 0 Å². The number of carbonyl (C=O) groups is 6. The van der Waals surface area contributed by atoms with E-state index in [1.54, 1.807) is 97.0 Å². The molecule has 0 aliphatic carbocycles. The Hall–Kier alpha value is -5.04. The summed E-state index contributed by atoms with van der Waals surface area (Å²) in [5, 5.41) is 0. The maximum absolute atomic E-state index is 14.8. The van der Waals surface area contributed by atoms with Gasteiger partial charge in [-0.05, 0) is 115 Å². The van der Waals surface area contributed by atoms with Gasteiger partial charge in [-0.2, -0.15) is 0 Å². The predicted molar refractivity (Wildman–Crippen MR) is 227 cm³/mol. The number of rotatable bonds is 16. The van der Waals surface area contributed by atoms with Gasteiger partial charge in [0.2, 0.25) is 36.4 Å². The molecule has 0 amide bonds. The number of esters is 2. The van der Waals surface area contributed by atoms with Crippen molar-refractivity contribution in [2.75, 3.05) is 25.5 Å². The molecular weight excluding hydrogens is 774 g/mol. The summed E-state index contributed by atoms with van der Waals surface area (Å²) in [7, 11) is -9.28. The summed E-state index contributed by atoms with van der Waals surface area (Å²) in [6, 6.07) is 15.4. The van der Waals surface area contributed by atoms with Crippen molar-refractivity contribution in [3.63, 3.8) is 0 Å². The number of benzene rings is 4. The third-order valence-electron chi connectivity index (χ3n) is 10.1. The Kier molecular flexibility index (Phi) is 14.4. The molecule has 306 valence electrons. The predicted octanol–water partition coefficient (Wildman–Crippen LogP) is 9.94. The zero-order valence-corrected chi connectivity index (χ0v) is 37.0. The molecule has 1 unspecified atom stereocenters. The van der Waals surface area contributed by atoms with Crippen LogP contribution in [0, 0.1) is 76.2 Å². The van der Waals surface area contributed by atoms with Crippen LogP contribution < -0.4 is 0 Å². The second-order valence-corrected chi connectivity index (χ2v) is 20.7. The van der Waals surface area contributed by atoms with E-state index in [1.807, 2.05) is 27.7 Å². The molecule has 0 saturated heterocycles.